The van der Waals surface area contributed by atoms with Crippen LogP contribution in [0, 0.1) is 6.92 Å². The van der Waals surface area contributed by atoms with E-state index in [9.17, 15) is 9.59 Å². The minimum absolute atomic E-state index is 0.282. The van der Waals surface area contributed by atoms with Gasteiger partial charge in [-0.05, 0) is 42.2 Å². The van der Waals surface area contributed by atoms with Gasteiger partial charge in [0.2, 0.25) is 0 Å². The predicted octanol–water partition coefficient (Wildman–Crippen LogP) is 2.82. The quantitative estimate of drug-likeness (QED) is 0.830. The first-order valence-corrected chi connectivity index (χ1v) is 7.85. The van der Waals surface area contributed by atoms with Crippen molar-refractivity contribution in [3.8, 4) is 5.75 Å². The summed E-state index contributed by atoms with van der Waals surface area (Å²) in [4.78, 5) is 24.1. The minimum Gasteiger partial charge on any atom is -0.497 e. The minimum atomic E-state index is -0.660. The molecule has 0 aliphatic heterocycles. The molecule has 5 nitrogen and oxygen atoms in total. The van der Waals surface area contributed by atoms with Crippen molar-refractivity contribution in [2.75, 3.05) is 12.4 Å². The molecule has 0 spiro atoms. The number of amides is 2. The monoisotopic (exact) mass is 326 g/mol. The Morgan fingerprint density at radius 3 is 2.38 bits per heavy atom. The Labute approximate surface area is 142 Å². The van der Waals surface area contributed by atoms with Gasteiger partial charge in [-0.2, -0.15) is 0 Å². The average Bonchev–Trinajstić information content (AvgIpc) is 2.61. The summed E-state index contributed by atoms with van der Waals surface area (Å²) in [5, 5.41) is 5.33. The second-order valence-corrected chi connectivity index (χ2v) is 5.45. The van der Waals surface area contributed by atoms with Gasteiger partial charge in [0, 0.05) is 12.2 Å². The zero-order chi connectivity index (χ0) is 17.5. The first-order chi connectivity index (χ1) is 11.5. The fraction of sp³-hybridized carbons (Fsp3) is 0.263. The number of nitrogens with one attached hydrogen (secondary N) is 2. The van der Waals surface area contributed by atoms with Gasteiger partial charge >= 0.3 is 11.8 Å². The molecule has 0 heterocycles. The number of aryl methyl sites for hydroxylation is 2. The highest BCUT2D eigenvalue weighted by Gasteiger charge is 2.16. The normalized spacial score (nSPS) is 10.1. The average molecular weight is 326 g/mol. The number of benzene rings is 2. The van der Waals surface area contributed by atoms with Crippen LogP contribution in [-0.4, -0.2) is 18.9 Å². The van der Waals surface area contributed by atoms with Crippen LogP contribution in [0.25, 0.3) is 0 Å². The highest BCUT2D eigenvalue weighted by molar-refractivity contribution is 6.39. The Morgan fingerprint density at radius 1 is 1.04 bits per heavy atom. The maximum absolute atomic E-state index is 12.1. The third-order valence-corrected chi connectivity index (χ3v) is 3.80. The molecule has 2 aromatic carbocycles. The van der Waals surface area contributed by atoms with E-state index in [2.05, 4.69) is 10.6 Å². The number of para-hydroxylation sites is 1. The molecule has 0 bridgehead atoms. The number of hydrogen-bond acceptors (Lipinski definition) is 3. The summed E-state index contributed by atoms with van der Waals surface area (Å²) in [5.74, 6) is -0.571. The molecule has 2 aromatic rings. The van der Waals surface area contributed by atoms with Crippen LogP contribution < -0.4 is 15.4 Å². The molecule has 0 fully saturated rings. The highest BCUT2D eigenvalue weighted by atomic mass is 16.5. The van der Waals surface area contributed by atoms with E-state index < -0.39 is 11.8 Å². The molecule has 0 radical (unpaired) electrons. The molecule has 2 rings (SSSR count). The summed E-state index contributed by atoms with van der Waals surface area (Å²) in [6.07, 6.45) is 0.783. The van der Waals surface area contributed by atoms with Crippen molar-refractivity contribution in [1.29, 1.82) is 0 Å². The van der Waals surface area contributed by atoms with E-state index >= 15 is 0 Å². The van der Waals surface area contributed by atoms with Gasteiger partial charge in [0.25, 0.3) is 0 Å². The number of ether oxygens (including phenoxy) is 1. The molecule has 0 unspecified atom stereocenters. The van der Waals surface area contributed by atoms with E-state index in [1.165, 1.54) is 0 Å². The van der Waals surface area contributed by atoms with Crippen molar-refractivity contribution in [2.45, 2.75) is 26.8 Å². The predicted molar refractivity (Wildman–Crippen MR) is 94.0 cm³/mol. The first-order valence-electron chi connectivity index (χ1n) is 7.85. The number of methoxy groups -OCH3 is 1. The first kappa shape index (κ1) is 17.5. The van der Waals surface area contributed by atoms with E-state index in [1.54, 1.807) is 7.11 Å². The number of hydrogen-bond donors (Lipinski definition) is 2. The second-order valence-electron chi connectivity index (χ2n) is 5.45. The SMILES string of the molecule is CCc1cccc(C)c1NC(=O)C(=O)NCc1ccc(OC)cc1. The van der Waals surface area contributed by atoms with Crippen LogP contribution in [0.1, 0.15) is 23.6 Å². The van der Waals surface area contributed by atoms with Crippen LogP contribution in [0.5, 0.6) is 5.75 Å². The molecule has 2 amide bonds. The van der Waals surface area contributed by atoms with E-state index in [0.717, 1.165) is 28.9 Å². The van der Waals surface area contributed by atoms with Crippen molar-refractivity contribution in [3.05, 3.63) is 59.2 Å². The molecular formula is C19H22N2O3. The Balaban J connectivity index is 1.96. The molecule has 0 atom stereocenters. The van der Waals surface area contributed by atoms with Gasteiger partial charge in [-0.25, -0.2) is 0 Å². The molecule has 0 saturated carbocycles. The molecule has 0 saturated heterocycles. The van der Waals surface area contributed by atoms with Gasteiger partial charge in [0.1, 0.15) is 5.75 Å². The lowest BCUT2D eigenvalue weighted by Crippen LogP contribution is -2.35. The Morgan fingerprint density at radius 2 is 1.75 bits per heavy atom. The summed E-state index contributed by atoms with van der Waals surface area (Å²) in [5.41, 5.74) is 3.55. The zero-order valence-electron chi connectivity index (χ0n) is 14.2. The fourth-order valence-electron chi connectivity index (χ4n) is 2.38. The van der Waals surface area contributed by atoms with Crippen LogP contribution in [0.2, 0.25) is 0 Å². The molecular weight excluding hydrogens is 304 g/mol. The summed E-state index contributed by atoms with van der Waals surface area (Å²) < 4.78 is 5.08. The van der Waals surface area contributed by atoms with Crippen molar-refractivity contribution >= 4 is 17.5 Å². The van der Waals surface area contributed by atoms with E-state index in [4.69, 9.17) is 4.74 Å². The lowest BCUT2D eigenvalue weighted by atomic mass is 10.1. The molecule has 5 heteroatoms. The lowest BCUT2D eigenvalue weighted by Gasteiger charge is -2.13. The van der Waals surface area contributed by atoms with Gasteiger partial charge in [0.15, 0.2) is 0 Å². The number of carbonyl (C=O) groups excluding carboxylic acids is 2. The standard InChI is InChI=1S/C19H22N2O3/c1-4-15-7-5-6-13(2)17(15)21-19(23)18(22)20-12-14-8-10-16(24-3)11-9-14/h5-11H,4,12H2,1-3H3,(H,20,22)(H,21,23). The zero-order valence-corrected chi connectivity index (χ0v) is 14.2. The van der Waals surface area contributed by atoms with Gasteiger partial charge in [0.05, 0.1) is 7.11 Å². The van der Waals surface area contributed by atoms with E-state index in [0.29, 0.717) is 5.69 Å². The Bertz CT molecular complexity index is 724. The van der Waals surface area contributed by atoms with Crippen LogP contribution >= 0.6 is 0 Å². The van der Waals surface area contributed by atoms with Crippen molar-refractivity contribution in [2.24, 2.45) is 0 Å². The maximum atomic E-state index is 12.1. The van der Waals surface area contributed by atoms with Gasteiger partial charge in [-0.1, -0.05) is 37.3 Å². The summed E-state index contributed by atoms with van der Waals surface area (Å²) in [6, 6.07) is 13.1. The van der Waals surface area contributed by atoms with Gasteiger partial charge < -0.3 is 15.4 Å². The van der Waals surface area contributed by atoms with Crippen molar-refractivity contribution in [3.63, 3.8) is 0 Å². The molecule has 0 aliphatic carbocycles. The summed E-state index contributed by atoms with van der Waals surface area (Å²) in [7, 11) is 1.59. The molecule has 2 N–H and O–H groups in total. The van der Waals surface area contributed by atoms with Gasteiger partial charge in [-0.3, -0.25) is 9.59 Å². The lowest BCUT2D eigenvalue weighted by molar-refractivity contribution is -0.136. The molecule has 24 heavy (non-hydrogen) atoms. The fourth-order valence-corrected chi connectivity index (χ4v) is 2.38. The third kappa shape index (κ3) is 4.35. The molecule has 0 aromatic heterocycles. The van der Waals surface area contributed by atoms with Gasteiger partial charge in [-0.15, -0.1) is 0 Å². The highest BCUT2D eigenvalue weighted by Crippen LogP contribution is 2.20. The second kappa shape index (κ2) is 8.15. The number of rotatable bonds is 5. The number of anilines is 1. The summed E-state index contributed by atoms with van der Waals surface area (Å²) in [6.45, 7) is 4.20. The summed E-state index contributed by atoms with van der Waals surface area (Å²) >= 11 is 0. The topological polar surface area (TPSA) is 67.4 Å². The smallest absolute Gasteiger partial charge is 0.313 e. The van der Waals surface area contributed by atoms with Crippen molar-refractivity contribution in [1.82, 2.24) is 5.32 Å². The molecule has 0 aliphatic rings. The third-order valence-electron chi connectivity index (χ3n) is 3.80. The number of carbonyl (C=O) groups is 2. The van der Waals surface area contributed by atoms with E-state index in [1.807, 2.05) is 56.3 Å². The maximum Gasteiger partial charge on any atom is 0.313 e. The van der Waals surface area contributed by atoms with Crippen LogP contribution in [0.3, 0.4) is 0 Å². The molecule has 126 valence electrons. The van der Waals surface area contributed by atoms with Crippen LogP contribution in [0.4, 0.5) is 5.69 Å². The largest absolute Gasteiger partial charge is 0.497 e. The van der Waals surface area contributed by atoms with Crippen molar-refractivity contribution < 1.29 is 14.3 Å². The Kier molecular flexibility index (Phi) is 5.95. The Hall–Kier alpha value is -2.82. The van der Waals surface area contributed by atoms with E-state index in [-0.39, 0.29) is 6.54 Å². The van der Waals surface area contributed by atoms with Crippen LogP contribution in [-0.2, 0) is 22.6 Å². The van der Waals surface area contributed by atoms with Crippen LogP contribution in [0.15, 0.2) is 42.5 Å².